The van der Waals surface area contributed by atoms with Crippen molar-refractivity contribution in [2.45, 2.75) is 63.7 Å². The molecule has 3 heterocycles. The second kappa shape index (κ2) is 5.80. The zero-order valence-corrected chi connectivity index (χ0v) is 11.9. The lowest BCUT2D eigenvalue weighted by Gasteiger charge is -2.28. The summed E-state index contributed by atoms with van der Waals surface area (Å²) in [6.45, 7) is 4.44. The molecule has 19 heavy (non-hydrogen) atoms. The Labute approximate surface area is 115 Å². The molecule has 4 atom stereocenters. The molecule has 2 bridgehead atoms. The van der Waals surface area contributed by atoms with Gasteiger partial charge in [0.15, 0.2) is 0 Å². The summed E-state index contributed by atoms with van der Waals surface area (Å²) in [5, 5.41) is 6.58. The van der Waals surface area contributed by atoms with Crippen molar-refractivity contribution in [3.63, 3.8) is 0 Å². The van der Waals surface area contributed by atoms with E-state index in [-0.39, 0.29) is 11.9 Å². The zero-order chi connectivity index (χ0) is 13.2. The van der Waals surface area contributed by atoms with E-state index in [9.17, 15) is 4.79 Å². The normalized spacial score (nSPS) is 36.4. The number of hydrogen-bond donors (Lipinski definition) is 2. The third-order valence-electron chi connectivity index (χ3n) is 5.15. The molecule has 3 fully saturated rings. The quantitative estimate of drug-likeness (QED) is 0.810. The maximum Gasteiger partial charge on any atom is 0.220 e. The zero-order valence-electron chi connectivity index (χ0n) is 11.9. The Balaban J connectivity index is 1.43. The number of rotatable bonds is 4. The third kappa shape index (κ3) is 3.11. The second-order valence-corrected chi connectivity index (χ2v) is 6.55. The SMILES string of the molecule is CC(CC(=O)N[C@@H]1C[C@H]2CC[C@@H]1O2)C1CCNCC1. The van der Waals surface area contributed by atoms with Crippen LogP contribution in [0.5, 0.6) is 0 Å². The van der Waals surface area contributed by atoms with Crippen LogP contribution in [0, 0.1) is 11.8 Å². The predicted molar refractivity (Wildman–Crippen MR) is 73.8 cm³/mol. The average Bonchev–Trinajstić information content (AvgIpc) is 3.02. The minimum atomic E-state index is 0.229. The fraction of sp³-hybridized carbons (Fsp3) is 0.933. The van der Waals surface area contributed by atoms with E-state index in [4.69, 9.17) is 4.74 Å². The van der Waals surface area contributed by atoms with Crippen molar-refractivity contribution in [1.82, 2.24) is 10.6 Å². The van der Waals surface area contributed by atoms with Crippen LogP contribution in [0.25, 0.3) is 0 Å². The lowest BCUT2D eigenvalue weighted by molar-refractivity contribution is -0.123. The lowest BCUT2D eigenvalue weighted by atomic mass is 9.84. The van der Waals surface area contributed by atoms with Crippen LogP contribution >= 0.6 is 0 Å². The summed E-state index contributed by atoms with van der Waals surface area (Å²) in [6, 6.07) is 0.284. The van der Waals surface area contributed by atoms with Crippen LogP contribution < -0.4 is 10.6 Å². The first-order chi connectivity index (χ1) is 9.22. The predicted octanol–water partition coefficient (Wildman–Crippen LogP) is 1.45. The van der Waals surface area contributed by atoms with Gasteiger partial charge in [-0.2, -0.15) is 0 Å². The first-order valence-corrected chi connectivity index (χ1v) is 7.88. The maximum absolute atomic E-state index is 12.1. The van der Waals surface area contributed by atoms with Crippen molar-refractivity contribution in [1.29, 1.82) is 0 Å². The van der Waals surface area contributed by atoms with Crippen molar-refractivity contribution in [3.05, 3.63) is 0 Å². The molecule has 4 nitrogen and oxygen atoms in total. The molecular weight excluding hydrogens is 240 g/mol. The molecule has 0 aromatic carbocycles. The molecule has 1 amide bonds. The number of nitrogens with one attached hydrogen (secondary N) is 2. The van der Waals surface area contributed by atoms with Gasteiger partial charge in [-0.05, 0) is 57.0 Å². The summed E-state index contributed by atoms with van der Waals surface area (Å²) in [4.78, 5) is 12.1. The number of carbonyl (C=O) groups is 1. The highest BCUT2D eigenvalue weighted by molar-refractivity contribution is 5.76. The van der Waals surface area contributed by atoms with Crippen LogP contribution in [0.3, 0.4) is 0 Å². The van der Waals surface area contributed by atoms with Crippen LogP contribution in [0.2, 0.25) is 0 Å². The molecule has 4 heteroatoms. The Hall–Kier alpha value is -0.610. The molecule has 0 aliphatic carbocycles. The molecule has 3 aliphatic heterocycles. The molecule has 3 aliphatic rings. The topological polar surface area (TPSA) is 50.4 Å². The Morgan fingerprint density at radius 1 is 1.32 bits per heavy atom. The summed E-state index contributed by atoms with van der Waals surface area (Å²) < 4.78 is 5.78. The summed E-state index contributed by atoms with van der Waals surface area (Å²) in [5.74, 6) is 1.44. The van der Waals surface area contributed by atoms with Gasteiger partial charge >= 0.3 is 0 Å². The van der Waals surface area contributed by atoms with Gasteiger partial charge in [0.25, 0.3) is 0 Å². The average molecular weight is 266 g/mol. The van der Waals surface area contributed by atoms with Crippen LogP contribution in [0.4, 0.5) is 0 Å². The van der Waals surface area contributed by atoms with Crippen molar-refractivity contribution < 1.29 is 9.53 Å². The smallest absolute Gasteiger partial charge is 0.220 e. The van der Waals surface area contributed by atoms with Gasteiger partial charge in [-0.15, -0.1) is 0 Å². The molecule has 1 unspecified atom stereocenters. The van der Waals surface area contributed by atoms with E-state index in [0.29, 0.717) is 30.5 Å². The summed E-state index contributed by atoms with van der Waals surface area (Å²) in [5.41, 5.74) is 0. The Kier molecular flexibility index (Phi) is 4.08. The van der Waals surface area contributed by atoms with Gasteiger partial charge in [0.2, 0.25) is 5.91 Å². The first kappa shape index (κ1) is 13.4. The highest BCUT2D eigenvalue weighted by atomic mass is 16.5. The Morgan fingerprint density at radius 3 is 2.74 bits per heavy atom. The van der Waals surface area contributed by atoms with Gasteiger partial charge in [0.1, 0.15) is 0 Å². The van der Waals surface area contributed by atoms with Gasteiger partial charge in [-0.1, -0.05) is 6.92 Å². The van der Waals surface area contributed by atoms with Crippen molar-refractivity contribution in [2.24, 2.45) is 11.8 Å². The Morgan fingerprint density at radius 2 is 2.11 bits per heavy atom. The molecule has 0 saturated carbocycles. The fourth-order valence-electron chi connectivity index (χ4n) is 3.93. The van der Waals surface area contributed by atoms with Gasteiger partial charge in [0, 0.05) is 6.42 Å². The molecule has 0 aromatic heterocycles. The number of ether oxygens (including phenoxy) is 1. The largest absolute Gasteiger partial charge is 0.373 e. The highest BCUT2D eigenvalue weighted by Crippen LogP contribution is 2.34. The maximum atomic E-state index is 12.1. The van der Waals surface area contributed by atoms with Crippen molar-refractivity contribution in [2.75, 3.05) is 13.1 Å². The molecule has 3 rings (SSSR count). The third-order valence-corrected chi connectivity index (χ3v) is 5.15. The van der Waals surface area contributed by atoms with E-state index in [1.807, 2.05) is 0 Å². The second-order valence-electron chi connectivity index (χ2n) is 6.55. The molecule has 0 spiro atoms. The number of hydrogen-bond acceptors (Lipinski definition) is 3. The molecule has 2 N–H and O–H groups in total. The van der Waals surface area contributed by atoms with Gasteiger partial charge in [-0.25, -0.2) is 0 Å². The first-order valence-electron chi connectivity index (χ1n) is 7.88. The lowest BCUT2D eigenvalue weighted by Crippen LogP contribution is -2.42. The van der Waals surface area contributed by atoms with E-state index < -0.39 is 0 Å². The standard InChI is InChI=1S/C15H26N2O2/c1-10(11-4-6-16-7-5-11)8-15(18)17-13-9-12-2-3-14(13)19-12/h10-14,16H,2-9H2,1H3,(H,17,18)/t10?,12-,13-,14+/m1/s1. The van der Waals surface area contributed by atoms with Crippen LogP contribution in [-0.2, 0) is 9.53 Å². The van der Waals surface area contributed by atoms with E-state index in [1.165, 1.54) is 19.3 Å². The van der Waals surface area contributed by atoms with E-state index >= 15 is 0 Å². The van der Waals surface area contributed by atoms with Gasteiger partial charge in [-0.3, -0.25) is 4.79 Å². The van der Waals surface area contributed by atoms with E-state index in [1.54, 1.807) is 0 Å². The molecule has 0 aromatic rings. The van der Waals surface area contributed by atoms with Crippen molar-refractivity contribution >= 4 is 5.91 Å². The van der Waals surface area contributed by atoms with E-state index in [2.05, 4.69) is 17.6 Å². The van der Waals surface area contributed by atoms with E-state index in [0.717, 1.165) is 25.9 Å². The number of amides is 1. The Bertz CT molecular complexity index is 328. The molecular formula is C15H26N2O2. The number of piperidine rings is 1. The summed E-state index contributed by atoms with van der Waals surface area (Å²) >= 11 is 0. The monoisotopic (exact) mass is 266 g/mol. The fourth-order valence-corrected chi connectivity index (χ4v) is 3.93. The molecule has 3 saturated heterocycles. The summed E-state index contributed by atoms with van der Waals surface area (Å²) in [6.07, 6.45) is 7.15. The minimum Gasteiger partial charge on any atom is -0.373 e. The van der Waals surface area contributed by atoms with Gasteiger partial charge in [0.05, 0.1) is 18.2 Å². The number of fused-ring (bicyclic) bond motifs is 2. The van der Waals surface area contributed by atoms with Crippen LogP contribution in [0.1, 0.15) is 45.4 Å². The highest BCUT2D eigenvalue weighted by Gasteiger charge is 2.41. The number of carbonyl (C=O) groups excluding carboxylic acids is 1. The molecule has 0 radical (unpaired) electrons. The van der Waals surface area contributed by atoms with Crippen molar-refractivity contribution in [3.8, 4) is 0 Å². The molecule has 108 valence electrons. The summed E-state index contributed by atoms with van der Waals surface area (Å²) in [7, 11) is 0. The minimum absolute atomic E-state index is 0.229. The van der Waals surface area contributed by atoms with Crippen LogP contribution in [0.15, 0.2) is 0 Å². The van der Waals surface area contributed by atoms with Gasteiger partial charge < -0.3 is 15.4 Å². The van der Waals surface area contributed by atoms with Crippen LogP contribution in [-0.4, -0.2) is 37.2 Å².